The average Bonchev–Trinajstić information content (AvgIpc) is 2.10. The first-order chi connectivity index (χ1) is 8.51. The Kier molecular flexibility index (Phi) is 5.94. The number of nitrogens with zero attached hydrogens (tertiary/aromatic N) is 2. The lowest BCUT2D eigenvalue weighted by Crippen LogP contribution is -2.58. The summed E-state index contributed by atoms with van der Waals surface area (Å²) < 4.78 is 0. The van der Waals surface area contributed by atoms with Gasteiger partial charge in [0.25, 0.3) is 0 Å². The molecule has 0 bridgehead atoms. The predicted octanol–water partition coefficient (Wildman–Crippen LogP) is 4.64. The van der Waals surface area contributed by atoms with Crippen molar-refractivity contribution in [1.82, 2.24) is 9.80 Å². The molecule has 0 N–H and O–H groups in total. The van der Waals surface area contributed by atoms with Crippen LogP contribution in [-0.2, 0) is 0 Å². The summed E-state index contributed by atoms with van der Waals surface area (Å²) in [6.07, 6.45) is 2.35. The molecule has 0 aromatic carbocycles. The molecule has 0 spiro atoms. The second-order valence-corrected chi connectivity index (χ2v) is 9.80. The predicted molar refractivity (Wildman–Crippen MR) is 92.4 cm³/mol. The van der Waals surface area contributed by atoms with Crippen LogP contribution in [0.1, 0.15) is 75.2 Å². The van der Waals surface area contributed by atoms with Crippen molar-refractivity contribution < 1.29 is 0 Å². The van der Waals surface area contributed by atoms with Crippen molar-refractivity contribution >= 4 is 0 Å². The van der Waals surface area contributed by atoms with E-state index in [1.165, 1.54) is 6.42 Å². The van der Waals surface area contributed by atoms with Crippen molar-refractivity contribution in [2.75, 3.05) is 21.1 Å². The number of rotatable bonds is 6. The fourth-order valence-corrected chi connectivity index (χ4v) is 3.57. The molecule has 0 aliphatic heterocycles. The second-order valence-electron chi connectivity index (χ2n) is 9.80. The van der Waals surface area contributed by atoms with Gasteiger partial charge in [-0.2, -0.15) is 0 Å². The first-order valence-corrected chi connectivity index (χ1v) is 7.93. The normalized spacial score (nSPS) is 15.3. The van der Waals surface area contributed by atoms with Gasteiger partial charge in [-0.3, -0.25) is 4.90 Å². The van der Waals surface area contributed by atoms with E-state index in [0.29, 0.717) is 5.41 Å². The minimum Gasteiger partial charge on any atom is -0.304 e. The van der Waals surface area contributed by atoms with Crippen LogP contribution in [0.25, 0.3) is 0 Å². The van der Waals surface area contributed by atoms with Crippen LogP contribution in [0.5, 0.6) is 0 Å². The van der Waals surface area contributed by atoms with Crippen molar-refractivity contribution in [3.05, 3.63) is 0 Å². The molecular weight excluding hydrogens is 244 g/mol. The van der Waals surface area contributed by atoms with Gasteiger partial charge in [-0.1, -0.05) is 20.8 Å². The summed E-state index contributed by atoms with van der Waals surface area (Å²) in [5.41, 5.74) is 0.924. The molecule has 0 aromatic rings. The van der Waals surface area contributed by atoms with Crippen LogP contribution < -0.4 is 0 Å². The Bertz CT molecular complexity index is 306. The molecule has 0 radical (unpaired) electrons. The van der Waals surface area contributed by atoms with Gasteiger partial charge in [0.15, 0.2) is 0 Å². The third-order valence-electron chi connectivity index (χ3n) is 4.85. The number of hydrogen-bond donors (Lipinski definition) is 0. The quantitative estimate of drug-likeness (QED) is 0.701. The van der Waals surface area contributed by atoms with E-state index in [1.54, 1.807) is 0 Å². The molecule has 20 heavy (non-hydrogen) atoms. The van der Waals surface area contributed by atoms with Gasteiger partial charge in [0, 0.05) is 16.6 Å². The topological polar surface area (TPSA) is 6.48 Å². The highest BCUT2D eigenvalue weighted by Crippen LogP contribution is 2.37. The minimum absolute atomic E-state index is 0.169. The summed E-state index contributed by atoms with van der Waals surface area (Å²) >= 11 is 0. The first kappa shape index (κ1) is 19.9. The van der Waals surface area contributed by atoms with Gasteiger partial charge in [-0.15, -0.1) is 0 Å². The SMILES string of the molecule is CN(C)C(C)(C)CC(C)(C)N(C)C(C)(C)CC(C)(C)C. The average molecular weight is 285 g/mol. The molecule has 0 saturated carbocycles. The lowest BCUT2D eigenvalue weighted by atomic mass is 9.77. The molecule has 0 saturated heterocycles. The van der Waals surface area contributed by atoms with Gasteiger partial charge < -0.3 is 4.90 Å². The summed E-state index contributed by atoms with van der Waals surface area (Å²) in [5.74, 6) is 0. The third kappa shape index (κ3) is 5.73. The van der Waals surface area contributed by atoms with Crippen LogP contribution in [0.2, 0.25) is 0 Å². The Balaban J connectivity index is 5.11. The second kappa shape index (κ2) is 5.96. The molecule has 0 fully saturated rings. The van der Waals surface area contributed by atoms with Crippen molar-refractivity contribution in [3.63, 3.8) is 0 Å². The summed E-state index contributed by atoms with van der Waals surface area (Å²) in [6, 6.07) is 0. The van der Waals surface area contributed by atoms with Crippen molar-refractivity contribution in [2.24, 2.45) is 5.41 Å². The van der Waals surface area contributed by atoms with Crippen LogP contribution in [0.4, 0.5) is 0 Å². The van der Waals surface area contributed by atoms with E-state index in [-0.39, 0.29) is 16.6 Å². The smallest absolute Gasteiger partial charge is 0.0172 e. The highest BCUT2D eigenvalue weighted by molar-refractivity contribution is 4.97. The maximum Gasteiger partial charge on any atom is 0.0172 e. The summed E-state index contributed by atoms with van der Waals surface area (Å²) in [4.78, 5) is 4.91. The zero-order valence-corrected chi connectivity index (χ0v) is 16.3. The van der Waals surface area contributed by atoms with Crippen LogP contribution in [0.3, 0.4) is 0 Å². The van der Waals surface area contributed by atoms with Crippen molar-refractivity contribution in [3.8, 4) is 0 Å². The summed E-state index contributed by atoms with van der Waals surface area (Å²) in [7, 11) is 6.64. The van der Waals surface area contributed by atoms with E-state index in [2.05, 4.69) is 93.3 Å². The molecule has 0 amide bonds. The zero-order chi connectivity index (χ0) is 16.6. The van der Waals surface area contributed by atoms with E-state index < -0.39 is 0 Å². The molecule has 2 heteroatoms. The summed E-state index contributed by atoms with van der Waals surface area (Å²) in [5, 5.41) is 0. The van der Waals surface area contributed by atoms with E-state index in [1.807, 2.05) is 0 Å². The zero-order valence-electron chi connectivity index (χ0n) is 16.3. The third-order valence-corrected chi connectivity index (χ3v) is 4.85. The highest BCUT2D eigenvalue weighted by Gasteiger charge is 2.40. The molecule has 0 heterocycles. The Morgan fingerprint density at radius 2 is 0.900 bits per heavy atom. The Morgan fingerprint density at radius 3 is 1.20 bits per heavy atom. The van der Waals surface area contributed by atoms with Gasteiger partial charge in [0.1, 0.15) is 0 Å². The maximum atomic E-state index is 2.58. The lowest BCUT2D eigenvalue weighted by Gasteiger charge is -2.52. The van der Waals surface area contributed by atoms with Gasteiger partial charge in [0.05, 0.1) is 0 Å². The largest absolute Gasteiger partial charge is 0.304 e. The van der Waals surface area contributed by atoms with E-state index >= 15 is 0 Å². The molecule has 0 rings (SSSR count). The highest BCUT2D eigenvalue weighted by atomic mass is 15.2. The molecule has 122 valence electrons. The molecule has 0 unspecified atom stereocenters. The Hall–Kier alpha value is -0.0800. The Labute approximate surface area is 128 Å². The van der Waals surface area contributed by atoms with Gasteiger partial charge in [-0.05, 0) is 80.9 Å². The fourth-order valence-electron chi connectivity index (χ4n) is 3.57. The molecule has 0 aliphatic carbocycles. The van der Waals surface area contributed by atoms with Gasteiger partial charge >= 0.3 is 0 Å². The molecule has 0 aromatic heterocycles. The number of hydrogen-bond acceptors (Lipinski definition) is 2. The monoisotopic (exact) mass is 284 g/mol. The molecule has 0 aliphatic rings. The molecular formula is C18H40N2. The van der Waals surface area contributed by atoms with Crippen LogP contribution in [0, 0.1) is 5.41 Å². The standard InChI is InChI=1S/C18H40N2/c1-15(2,3)13-17(6,7)20(12)18(8,9)14-16(4,5)19(10)11/h13-14H2,1-12H3. The fraction of sp³-hybridized carbons (Fsp3) is 1.00. The van der Waals surface area contributed by atoms with E-state index in [9.17, 15) is 0 Å². The van der Waals surface area contributed by atoms with Crippen LogP contribution in [0.15, 0.2) is 0 Å². The maximum absolute atomic E-state index is 2.58. The van der Waals surface area contributed by atoms with Gasteiger partial charge in [-0.25, -0.2) is 0 Å². The Morgan fingerprint density at radius 1 is 0.550 bits per heavy atom. The van der Waals surface area contributed by atoms with Crippen LogP contribution in [-0.4, -0.2) is 47.6 Å². The van der Waals surface area contributed by atoms with Crippen molar-refractivity contribution in [2.45, 2.75) is 91.8 Å². The van der Waals surface area contributed by atoms with E-state index in [0.717, 1.165) is 6.42 Å². The summed E-state index contributed by atoms with van der Waals surface area (Å²) in [6.45, 7) is 21.2. The molecule has 0 atom stereocenters. The van der Waals surface area contributed by atoms with E-state index in [4.69, 9.17) is 0 Å². The molecule has 2 nitrogen and oxygen atoms in total. The van der Waals surface area contributed by atoms with Gasteiger partial charge in [0.2, 0.25) is 0 Å². The van der Waals surface area contributed by atoms with Crippen LogP contribution >= 0.6 is 0 Å². The minimum atomic E-state index is 0.169. The van der Waals surface area contributed by atoms with Crippen molar-refractivity contribution in [1.29, 1.82) is 0 Å². The lowest BCUT2D eigenvalue weighted by molar-refractivity contribution is -0.0116. The first-order valence-electron chi connectivity index (χ1n) is 7.93.